The van der Waals surface area contributed by atoms with E-state index in [1.807, 2.05) is 20.0 Å². The van der Waals surface area contributed by atoms with Crippen molar-refractivity contribution in [3.05, 3.63) is 23.0 Å². The highest BCUT2D eigenvalue weighted by atomic mass is 16.1. The number of ketones is 1. The summed E-state index contributed by atoms with van der Waals surface area (Å²) in [6.07, 6.45) is 5.15. The van der Waals surface area contributed by atoms with Crippen LogP contribution in [0.25, 0.3) is 0 Å². The third-order valence-corrected chi connectivity index (χ3v) is 4.86. The molecule has 1 saturated carbocycles. The second-order valence-electron chi connectivity index (χ2n) is 7.03. The first kappa shape index (κ1) is 16.3. The molecule has 0 aliphatic heterocycles. The van der Waals surface area contributed by atoms with Crippen LogP contribution >= 0.6 is 0 Å². The van der Waals surface area contributed by atoms with E-state index in [0.29, 0.717) is 18.5 Å². The molecule has 0 unspecified atom stereocenters. The van der Waals surface area contributed by atoms with Crippen LogP contribution in [0.5, 0.6) is 0 Å². The van der Waals surface area contributed by atoms with Gasteiger partial charge in [0, 0.05) is 36.6 Å². The third-order valence-electron chi connectivity index (χ3n) is 4.86. The maximum atomic E-state index is 12.7. The van der Waals surface area contributed by atoms with Crippen molar-refractivity contribution in [1.82, 2.24) is 9.47 Å². The van der Waals surface area contributed by atoms with E-state index in [2.05, 4.69) is 30.2 Å². The Labute approximate surface area is 129 Å². The van der Waals surface area contributed by atoms with Gasteiger partial charge in [0.1, 0.15) is 0 Å². The van der Waals surface area contributed by atoms with Gasteiger partial charge in [-0.05, 0) is 38.7 Å². The van der Waals surface area contributed by atoms with Gasteiger partial charge in [-0.3, -0.25) is 9.69 Å². The molecule has 0 aromatic carbocycles. The number of carbonyl (C=O) groups excluding carboxylic acids is 1. The van der Waals surface area contributed by atoms with E-state index in [1.165, 1.54) is 25.7 Å². The monoisotopic (exact) mass is 290 g/mol. The standard InChI is InChI=1S/C18H30N2O/c1-13(2)11-20(16-8-6-7-9-16)12-18(21)17-10-14(3)19(5)15(17)4/h10,13,16H,6-9,11-12H2,1-5H3. The summed E-state index contributed by atoms with van der Waals surface area (Å²) in [4.78, 5) is 15.2. The first-order valence-electron chi connectivity index (χ1n) is 8.30. The van der Waals surface area contributed by atoms with Crippen LogP contribution in [0.1, 0.15) is 61.3 Å². The quantitative estimate of drug-likeness (QED) is 0.746. The van der Waals surface area contributed by atoms with Crippen molar-refractivity contribution >= 4 is 5.78 Å². The van der Waals surface area contributed by atoms with Crippen molar-refractivity contribution in [1.29, 1.82) is 0 Å². The Hall–Kier alpha value is -1.09. The van der Waals surface area contributed by atoms with Gasteiger partial charge in [0.2, 0.25) is 0 Å². The van der Waals surface area contributed by atoms with Gasteiger partial charge in [-0.15, -0.1) is 0 Å². The van der Waals surface area contributed by atoms with Crippen LogP contribution in [0.2, 0.25) is 0 Å². The topological polar surface area (TPSA) is 25.2 Å². The fourth-order valence-corrected chi connectivity index (χ4v) is 3.49. The average molecular weight is 290 g/mol. The zero-order chi connectivity index (χ0) is 15.6. The van der Waals surface area contributed by atoms with E-state index in [-0.39, 0.29) is 5.78 Å². The van der Waals surface area contributed by atoms with Crippen molar-refractivity contribution in [2.45, 2.75) is 59.4 Å². The second-order valence-corrected chi connectivity index (χ2v) is 7.03. The third kappa shape index (κ3) is 3.76. The molecule has 1 aromatic rings. The van der Waals surface area contributed by atoms with Gasteiger partial charge >= 0.3 is 0 Å². The molecule has 0 bridgehead atoms. The zero-order valence-corrected chi connectivity index (χ0v) is 14.3. The van der Waals surface area contributed by atoms with Gasteiger partial charge in [-0.1, -0.05) is 26.7 Å². The van der Waals surface area contributed by atoms with Crippen LogP contribution in [-0.2, 0) is 7.05 Å². The maximum absolute atomic E-state index is 12.7. The molecule has 0 radical (unpaired) electrons. The molecule has 1 heterocycles. The molecular weight excluding hydrogens is 260 g/mol. The van der Waals surface area contributed by atoms with Crippen molar-refractivity contribution in [2.75, 3.05) is 13.1 Å². The van der Waals surface area contributed by atoms with Crippen molar-refractivity contribution < 1.29 is 4.79 Å². The lowest BCUT2D eigenvalue weighted by atomic mass is 10.1. The van der Waals surface area contributed by atoms with Crippen LogP contribution in [0.3, 0.4) is 0 Å². The lowest BCUT2D eigenvalue weighted by molar-refractivity contribution is 0.0876. The van der Waals surface area contributed by atoms with Crippen LogP contribution in [0.4, 0.5) is 0 Å². The van der Waals surface area contributed by atoms with Crippen molar-refractivity contribution in [3.63, 3.8) is 0 Å². The average Bonchev–Trinajstić information content (AvgIpc) is 3.02. The molecule has 0 atom stereocenters. The number of carbonyl (C=O) groups is 1. The smallest absolute Gasteiger partial charge is 0.178 e. The van der Waals surface area contributed by atoms with E-state index >= 15 is 0 Å². The van der Waals surface area contributed by atoms with E-state index in [9.17, 15) is 4.79 Å². The Morgan fingerprint density at radius 2 is 1.95 bits per heavy atom. The summed E-state index contributed by atoms with van der Waals surface area (Å²) in [7, 11) is 2.03. The Bertz CT molecular complexity index is 496. The number of hydrogen-bond acceptors (Lipinski definition) is 2. The van der Waals surface area contributed by atoms with Gasteiger partial charge in [-0.2, -0.15) is 0 Å². The molecule has 21 heavy (non-hydrogen) atoms. The van der Waals surface area contributed by atoms with Crippen LogP contribution < -0.4 is 0 Å². The summed E-state index contributed by atoms with van der Waals surface area (Å²) in [6, 6.07) is 2.65. The predicted octanol–water partition coefficient (Wildman–Crippen LogP) is 3.73. The lowest BCUT2D eigenvalue weighted by Crippen LogP contribution is -2.40. The van der Waals surface area contributed by atoms with Gasteiger partial charge in [-0.25, -0.2) is 0 Å². The second kappa shape index (κ2) is 6.78. The first-order valence-corrected chi connectivity index (χ1v) is 8.30. The fourth-order valence-electron chi connectivity index (χ4n) is 3.49. The normalized spacial score (nSPS) is 16.3. The van der Waals surface area contributed by atoms with Gasteiger partial charge in [0.25, 0.3) is 0 Å². The summed E-state index contributed by atoms with van der Waals surface area (Å²) in [5.74, 6) is 0.890. The zero-order valence-electron chi connectivity index (χ0n) is 14.3. The molecule has 0 spiro atoms. The Morgan fingerprint density at radius 3 is 2.43 bits per heavy atom. The molecule has 1 aliphatic rings. The number of Topliss-reactive ketones (excluding diaryl/α,β-unsaturated/α-hetero) is 1. The van der Waals surface area contributed by atoms with E-state index in [4.69, 9.17) is 0 Å². The van der Waals surface area contributed by atoms with Gasteiger partial charge in [0.15, 0.2) is 5.78 Å². The van der Waals surface area contributed by atoms with Crippen LogP contribution in [0, 0.1) is 19.8 Å². The van der Waals surface area contributed by atoms with Crippen molar-refractivity contribution in [3.8, 4) is 0 Å². The molecule has 2 rings (SSSR count). The molecule has 3 nitrogen and oxygen atoms in total. The number of rotatable bonds is 6. The summed E-state index contributed by atoms with van der Waals surface area (Å²) in [5.41, 5.74) is 3.15. The molecule has 0 amide bonds. The first-order chi connectivity index (χ1) is 9.90. The van der Waals surface area contributed by atoms with E-state index in [0.717, 1.165) is 23.5 Å². The highest BCUT2D eigenvalue weighted by Crippen LogP contribution is 2.25. The molecule has 1 aromatic heterocycles. The number of nitrogens with zero attached hydrogens (tertiary/aromatic N) is 2. The molecule has 118 valence electrons. The Morgan fingerprint density at radius 1 is 1.33 bits per heavy atom. The summed E-state index contributed by atoms with van der Waals surface area (Å²) in [6.45, 7) is 10.2. The molecule has 1 aliphatic carbocycles. The maximum Gasteiger partial charge on any atom is 0.178 e. The minimum atomic E-state index is 0.281. The van der Waals surface area contributed by atoms with Crippen LogP contribution in [-0.4, -0.2) is 34.4 Å². The fraction of sp³-hybridized carbons (Fsp3) is 0.722. The highest BCUT2D eigenvalue weighted by Gasteiger charge is 2.26. The summed E-state index contributed by atoms with van der Waals surface area (Å²) in [5, 5.41) is 0. The van der Waals surface area contributed by atoms with E-state index < -0.39 is 0 Å². The molecule has 0 N–H and O–H groups in total. The Kier molecular flexibility index (Phi) is 5.26. The van der Waals surface area contributed by atoms with Crippen LogP contribution in [0.15, 0.2) is 6.07 Å². The molecular formula is C18H30N2O. The molecule has 0 saturated heterocycles. The molecule has 1 fully saturated rings. The van der Waals surface area contributed by atoms with Crippen molar-refractivity contribution in [2.24, 2.45) is 13.0 Å². The number of hydrogen-bond donors (Lipinski definition) is 0. The largest absolute Gasteiger partial charge is 0.351 e. The number of aromatic nitrogens is 1. The number of aryl methyl sites for hydroxylation is 1. The lowest BCUT2D eigenvalue weighted by Gasteiger charge is -2.29. The minimum Gasteiger partial charge on any atom is -0.351 e. The minimum absolute atomic E-state index is 0.281. The Balaban J connectivity index is 2.11. The highest BCUT2D eigenvalue weighted by molar-refractivity contribution is 5.99. The predicted molar refractivity (Wildman–Crippen MR) is 87.9 cm³/mol. The van der Waals surface area contributed by atoms with Gasteiger partial charge in [0.05, 0.1) is 6.54 Å². The summed E-state index contributed by atoms with van der Waals surface area (Å²) < 4.78 is 2.11. The van der Waals surface area contributed by atoms with Gasteiger partial charge < -0.3 is 4.57 Å². The SMILES string of the molecule is Cc1cc(C(=O)CN(CC(C)C)C2CCCC2)c(C)n1C. The van der Waals surface area contributed by atoms with E-state index in [1.54, 1.807) is 0 Å². The summed E-state index contributed by atoms with van der Waals surface area (Å²) >= 11 is 0. The molecule has 3 heteroatoms.